The van der Waals surface area contributed by atoms with E-state index in [0.29, 0.717) is 18.5 Å². The lowest BCUT2D eigenvalue weighted by molar-refractivity contribution is -0.121. The van der Waals surface area contributed by atoms with Crippen LogP contribution in [0.3, 0.4) is 0 Å². The van der Waals surface area contributed by atoms with E-state index in [1.807, 2.05) is 13.0 Å². The summed E-state index contributed by atoms with van der Waals surface area (Å²) in [5.41, 5.74) is 0.471. The van der Waals surface area contributed by atoms with Crippen molar-refractivity contribution in [3.05, 3.63) is 24.0 Å². The van der Waals surface area contributed by atoms with Crippen LogP contribution in [0.4, 0.5) is 9.52 Å². The first kappa shape index (κ1) is 17.1. The third kappa shape index (κ3) is 4.02. The van der Waals surface area contributed by atoms with Crippen molar-refractivity contribution in [1.29, 1.82) is 0 Å². The number of benzene rings is 1. The van der Waals surface area contributed by atoms with Gasteiger partial charge in [-0.2, -0.15) is 0 Å². The molecule has 5 nitrogen and oxygen atoms in total. The van der Waals surface area contributed by atoms with Gasteiger partial charge in [-0.1, -0.05) is 24.3 Å². The Morgan fingerprint density at radius 1 is 1.33 bits per heavy atom. The molecule has 0 aliphatic carbocycles. The molecular formula is C17H23FN4OS. The first-order valence-corrected chi connectivity index (χ1v) is 9.28. The van der Waals surface area contributed by atoms with Gasteiger partial charge in [0.1, 0.15) is 11.3 Å². The van der Waals surface area contributed by atoms with Crippen LogP contribution in [0.25, 0.3) is 10.2 Å². The van der Waals surface area contributed by atoms with Gasteiger partial charge in [0, 0.05) is 45.7 Å². The van der Waals surface area contributed by atoms with Crippen LogP contribution in [0.15, 0.2) is 18.2 Å². The molecule has 2 heterocycles. The zero-order chi connectivity index (χ0) is 16.9. The fourth-order valence-corrected chi connectivity index (χ4v) is 3.90. The van der Waals surface area contributed by atoms with Crippen molar-refractivity contribution < 1.29 is 9.18 Å². The predicted octanol–water partition coefficient (Wildman–Crippen LogP) is 2.47. The van der Waals surface area contributed by atoms with Gasteiger partial charge >= 0.3 is 0 Å². The minimum Gasteiger partial charge on any atom is -0.355 e. The normalized spacial score (nSPS) is 15.8. The Morgan fingerprint density at radius 3 is 2.83 bits per heavy atom. The minimum atomic E-state index is -0.253. The first-order valence-electron chi connectivity index (χ1n) is 8.46. The summed E-state index contributed by atoms with van der Waals surface area (Å²) >= 11 is 1.55. The average Bonchev–Trinajstić information content (AvgIpc) is 3.01. The molecule has 0 bridgehead atoms. The van der Waals surface area contributed by atoms with Crippen LogP contribution < -0.4 is 10.2 Å². The highest BCUT2D eigenvalue weighted by molar-refractivity contribution is 7.22. The van der Waals surface area contributed by atoms with E-state index in [0.717, 1.165) is 49.0 Å². The standard InChI is InChI=1S/C17H23FN4OS/c1-2-4-15(23)19-7-8-21-9-11-22(12-10-21)17-20-16-13(18)5-3-6-14(16)24-17/h3,5-6H,2,4,7-12H2,1H3,(H,19,23). The molecule has 1 aliphatic heterocycles. The molecule has 1 saturated heterocycles. The van der Waals surface area contributed by atoms with Crippen molar-refractivity contribution in [2.24, 2.45) is 0 Å². The van der Waals surface area contributed by atoms with Gasteiger partial charge in [0.2, 0.25) is 5.91 Å². The molecule has 1 aliphatic rings. The van der Waals surface area contributed by atoms with E-state index >= 15 is 0 Å². The molecular weight excluding hydrogens is 327 g/mol. The topological polar surface area (TPSA) is 48.5 Å². The lowest BCUT2D eigenvalue weighted by Crippen LogP contribution is -2.48. The summed E-state index contributed by atoms with van der Waals surface area (Å²) in [7, 11) is 0. The minimum absolute atomic E-state index is 0.132. The van der Waals surface area contributed by atoms with Crippen LogP contribution in [0.2, 0.25) is 0 Å². The number of amides is 1. The van der Waals surface area contributed by atoms with Gasteiger partial charge in [-0.05, 0) is 18.6 Å². The van der Waals surface area contributed by atoms with Crippen LogP contribution in [0.5, 0.6) is 0 Å². The molecule has 0 atom stereocenters. The number of piperazine rings is 1. The molecule has 1 N–H and O–H groups in total. The number of halogens is 1. The van der Waals surface area contributed by atoms with Gasteiger partial charge in [-0.25, -0.2) is 9.37 Å². The number of hydrogen-bond donors (Lipinski definition) is 1. The van der Waals surface area contributed by atoms with E-state index in [-0.39, 0.29) is 11.7 Å². The van der Waals surface area contributed by atoms with Crippen molar-refractivity contribution in [3.63, 3.8) is 0 Å². The largest absolute Gasteiger partial charge is 0.355 e. The first-order chi connectivity index (χ1) is 11.7. The van der Waals surface area contributed by atoms with Crippen molar-refractivity contribution in [2.75, 3.05) is 44.2 Å². The summed E-state index contributed by atoms with van der Waals surface area (Å²) in [5.74, 6) is -0.121. The maximum atomic E-state index is 13.8. The third-order valence-corrected chi connectivity index (χ3v) is 5.31. The van der Waals surface area contributed by atoms with E-state index in [4.69, 9.17) is 0 Å². The van der Waals surface area contributed by atoms with E-state index in [2.05, 4.69) is 20.1 Å². The summed E-state index contributed by atoms with van der Waals surface area (Å²) in [5, 5.41) is 3.85. The zero-order valence-corrected chi connectivity index (χ0v) is 14.7. The Bertz CT molecular complexity index is 697. The molecule has 1 aromatic carbocycles. The molecule has 1 fully saturated rings. The second kappa shape index (κ2) is 7.90. The lowest BCUT2D eigenvalue weighted by Gasteiger charge is -2.34. The quantitative estimate of drug-likeness (QED) is 0.869. The van der Waals surface area contributed by atoms with Crippen LogP contribution in [0.1, 0.15) is 19.8 Å². The molecule has 1 amide bonds. The zero-order valence-electron chi connectivity index (χ0n) is 13.9. The summed E-state index contributed by atoms with van der Waals surface area (Å²) in [6.45, 7) is 7.20. The van der Waals surface area contributed by atoms with Crippen molar-refractivity contribution in [1.82, 2.24) is 15.2 Å². The van der Waals surface area contributed by atoms with Gasteiger partial charge < -0.3 is 10.2 Å². The molecule has 7 heteroatoms. The second-order valence-electron chi connectivity index (χ2n) is 6.01. The number of carbonyl (C=O) groups excluding carboxylic acids is 1. The summed E-state index contributed by atoms with van der Waals surface area (Å²) in [6.07, 6.45) is 1.48. The monoisotopic (exact) mass is 350 g/mol. The SMILES string of the molecule is CCCC(=O)NCCN1CCN(c2nc3c(F)cccc3s2)CC1. The Balaban J connectivity index is 1.49. The highest BCUT2D eigenvalue weighted by Gasteiger charge is 2.20. The number of para-hydroxylation sites is 1. The number of hydrogen-bond acceptors (Lipinski definition) is 5. The lowest BCUT2D eigenvalue weighted by atomic mass is 10.3. The van der Waals surface area contributed by atoms with E-state index in [9.17, 15) is 9.18 Å². The molecule has 130 valence electrons. The molecule has 1 aromatic heterocycles. The Labute approximate surface area is 145 Å². The maximum Gasteiger partial charge on any atom is 0.220 e. The van der Waals surface area contributed by atoms with Gasteiger partial charge in [-0.3, -0.25) is 9.69 Å². The maximum absolute atomic E-state index is 13.8. The number of fused-ring (bicyclic) bond motifs is 1. The van der Waals surface area contributed by atoms with Gasteiger partial charge in [0.15, 0.2) is 5.13 Å². The fourth-order valence-electron chi connectivity index (χ4n) is 2.87. The van der Waals surface area contributed by atoms with E-state index in [1.54, 1.807) is 17.4 Å². The van der Waals surface area contributed by atoms with Gasteiger partial charge in [0.25, 0.3) is 0 Å². The molecule has 0 saturated carbocycles. The molecule has 3 rings (SSSR count). The number of anilines is 1. The predicted molar refractivity (Wildman–Crippen MR) is 96.1 cm³/mol. The highest BCUT2D eigenvalue weighted by Crippen LogP contribution is 2.30. The van der Waals surface area contributed by atoms with Gasteiger partial charge in [0.05, 0.1) is 4.70 Å². The fraction of sp³-hybridized carbons (Fsp3) is 0.529. The molecule has 0 spiro atoms. The summed E-state index contributed by atoms with van der Waals surface area (Å²) in [6, 6.07) is 5.09. The van der Waals surface area contributed by atoms with E-state index < -0.39 is 0 Å². The highest BCUT2D eigenvalue weighted by atomic mass is 32.1. The van der Waals surface area contributed by atoms with Crippen molar-refractivity contribution in [2.45, 2.75) is 19.8 Å². The van der Waals surface area contributed by atoms with Crippen molar-refractivity contribution >= 4 is 32.6 Å². The van der Waals surface area contributed by atoms with Gasteiger partial charge in [-0.15, -0.1) is 0 Å². The number of thiazole rings is 1. The number of carbonyl (C=O) groups is 1. The average molecular weight is 350 g/mol. The third-order valence-electron chi connectivity index (χ3n) is 4.23. The number of rotatable bonds is 6. The van der Waals surface area contributed by atoms with Crippen LogP contribution in [-0.4, -0.2) is 55.1 Å². The van der Waals surface area contributed by atoms with Crippen molar-refractivity contribution in [3.8, 4) is 0 Å². The molecule has 0 unspecified atom stereocenters. The molecule has 2 aromatic rings. The Hall–Kier alpha value is -1.73. The Morgan fingerprint density at radius 2 is 2.12 bits per heavy atom. The van der Waals surface area contributed by atoms with Crippen LogP contribution in [-0.2, 0) is 4.79 Å². The molecule has 0 radical (unpaired) electrons. The number of nitrogens with one attached hydrogen (secondary N) is 1. The smallest absolute Gasteiger partial charge is 0.220 e. The summed E-state index contributed by atoms with van der Waals surface area (Å²) in [4.78, 5) is 20.5. The number of aromatic nitrogens is 1. The van der Waals surface area contributed by atoms with E-state index in [1.165, 1.54) is 6.07 Å². The molecule has 24 heavy (non-hydrogen) atoms. The second-order valence-corrected chi connectivity index (χ2v) is 7.02. The Kier molecular flexibility index (Phi) is 5.63. The number of nitrogens with zero attached hydrogens (tertiary/aromatic N) is 3. The van der Waals surface area contributed by atoms with Crippen LogP contribution >= 0.6 is 11.3 Å². The van der Waals surface area contributed by atoms with Crippen LogP contribution in [0, 0.1) is 5.82 Å². The summed E-state index contributed by atoms with van der Waals surface area (Å²) < 4.78 is 14.7.